The van der Waals surface area contributed by atoms with Gasteiger partial charge in [0.05, 0.1) is 0 Å². The summed E-state index contributed by atoms with van der Waals surface area (Å²) in [5.41, 5.74) is 2.49. The first-order valence-corrected chi connectivity index (χ1v) is 7.40. The molecule has 0 unspecified atom stereocenters. The van der Waals surface area contributed by atoms with E-state index in [2.05, 4.69) is 10.6 Å². The topological polar surface area (TPSA) is 24.1 Å². The second-order valence-corrected chi connectivity index (χ2v) is 5.48. The van der Waals surface area contributed by atoms with E-state index in [-0.39, 0.29) is 0 Å². The van der Waals surface area contributed by atoms with E-state index in [1.165, 1.54) is 11.1 Å². The molecule has 2 nitrogen and oxygen atoms in total. The maximum absolute atomic E-state index is 5.84. The Kier molecular flexibility index (Phi) is 6.34. The van der Waals surface area contributed by atoms with Crippen LogP contribution in [0.5, 0.6) is 0 Å². The first kappa shape index (κ1) is 15.3. The van der Waals surface area contributed by atoms with Crippen molar-refractivity contribution in [3.63, 3.8) is 0 Å². The van der Waals surface area contributed by atoms with Crippen LogP contribution >= 0.6 is 23.2 Å². The van der Waals surface area contributed by atoms with Gasteiger partial charge in [-0.05, 0) is 35.4 Å². The molecular formula is C16H18Cl2N2. The van der Waals surface area contributed by atoms with Crippen LogP contribution in [-0.2, 0) is 13.1 Å². The van der Waals surface area contributed by atoms with E-state index in [1.807, 2.05) is 48.5 Å². The Hall–Kier alpha value is -1.06. The zero-order chi connectivity index (χ0) is 14.2. The quantitative estimate of drug-likeness (QED) is 0.759. The molecule has 0 spiro atoms. The summed E-state index contributed by atoms with van der Waals surface area (Å²) in [6.45, 7) is 3.58. The maximum atomic E-state index is 5.84. The van der Waals surface area contributed by atoms with Gasteiger partial charge in [-0.2, -0.15) is 0 Å². The van der Waals surface area contributed by atoms with Crippen molar-refractivity contribution >= 4 is 23.2 Å². The highest BCUT2D eigenvalue weighted by Gasteiger charge is 1.94. The molecule has 0 aliphatic rings. The van der Waals surface area contributed by atoms with E-state index in [0.29, 0.717) is 0 Å². The van der Waals surface area contributed by atoms with Crippen molar-refractivity contribution in [2.24, 2.45) is 0 Å². The third-order valence-corrected chi connectivity index (χ3v) is 3.47. The molecule has 0 aliphatic carbocycles. The molecule has 2 rings (SSSR count). The molecule has 0 saturated heterocycles. The predicted molar refractivity (Wildman–Crippen MR) is 86.3 cm³/mol. The van der Waals surface area contributed by atoms with Crippen LogP contribution in [0.4, 0.5) is 0 Å². The minimum Gasteiger partial charge on any atom is -0.311 e. The molecule has 0 saturated carbocycles. The van der Waals surface area contributed by atoms with Crippen LogP contribution < -0.4 is 10.6 Å². The SMILES string of the molecule is Clc1ccc(CNCCNCc2ccc(Cl)cc2)cc1. The van der Waals surface area contributed by atoms with Crippen LogP contribution in [0, 0.1) is 0 Å². The molecule has 2 N–H and O–H groups in total. The largest absolute Gasteiger partial charge is 0.311 e. The van der Waals surface area contributed by atoms with Crippen LogP contribution in [0.25, 0.3) is 0 Å². The highest BCUT2D eigenvalue weighted by Crippen LogP contribution is 2.09. The normalized spacial score (nSPS) is 10.7. The smallest absolute Gasteiger partial charge is 0.0406 e. The molecule has 0 radical (unpaired) electrons. The number of hydrogen-bond acceptors (Lipinski definition) is 2. The first-order valence-electron chi connectivity index (χ1n) is 6.64. The standard InChI is InChI=1S/C16H18Cl2N2/c17-15-5-1-13(2-6-15)11-19-9-10-20-12-14-3-7-16(18)8-4-14/h1-8,19-20H,9-12H2. The molecule has 0 aliphatic heterocycles. The monoisotopic (exact) mass is 308 g/mol. The highest BCUT2D eigenvalue weighted by molar-refractivity contribution is 6.30. The van der Waals surface area contributed by atoms with E-state index in [4.69, 9.17) is 23.2 Å². The molecule has 2 aromatic carbocycles. The summed E-state index contributed by atoms with van der Waals surface area (Å²) in [4.78, 5) is 0. The lowest BCUT2D eigenvalue weighted by Crippen LogP contribution is -2.26. The average Bonchev–Trinajstić information content (AvgIpc) is 2.46. The Morgan fingerprint density at radius 1 is 0.600 bits per heavy atom. The van der Waals surface area contributed by atoms with Gasteiger partial charge in [0.2, 0.25) is 0 Å². The van der Waals surface area contributed by atoms with Gasteiger partial charge < -0.3 is 10.6 Å². The van der Waals surface area contributed by atoms with Crippen molar-refractivity contribution in [3.05, 3.63) is 69.7 Å². The second kappa shape index (κ2) is 8.28. The predicted octanol–water partition coefficient (Wildman–Crippen LogP) is 3.87. The molecule has 0 aromatic heterocycles. The number of halogens is 2. The molecule has 106 valence electrons. The summed E-state index contributed by atoms with van der Waals surface area (Å²) in [6.07, 6.45) is 0. The Bertz CT molecular complexity index is 460. The van der Waals surface area contributed by atoms with Crippen molar-refractivity contribution in [2.45, 2.75) is 13.1 Å². The van der Waals surface area contributed by atoms with Gasteiger partial charge in [-0.3, -0.25) is 0 Å². The molecule has 0 fully saturated rings. The minimum atomic E-state index is 0.776. The van der Waals surface area contributed by atoms with Crippen LogP contribution in [-0.4, -0.2) is 13.1 Å². The number of nitrogens with one attached hydrogen (secondary N) is 2. The molecule has 0 heterocycles. The molecule has 4 heteroatoms. The number of rotatable bonds is 7. The Morgan fingerprint density at radius 3 is 1.30 bits per heavy atom. The van der Waals surface area contributed by atoms with Crippen LogP contribution in [0.3, 0.4) is 0 Å². The number of hydrogen-bond donors (Lipinski definition) is 2. The summed E-state index contributed by atoms with van der Waals surface area (Å²) >= 11 is 11.7. The maximum Gasteiger partial charge on any atom is 0.0406 e. The lowest BCUT2D eigenvalue weighted by molar-refractivity contribution is 0.611. The van der Waals surface area contributed by atoms with Crippen molar-refractivity contribution in [1.82, 2.24) is 10.6 Å². The van der Waals surface area contributed by atoms with Gasteiger partial charge in [0.15, 0.2) is 0 Å². The molecule has 0 atom stereocenters. The van der Waals surface area contributed by atoms with Gasteiger partial charge in [0.1, 0.15) is 0 Å². The number of benzene rings is 2. The van der Waals surface area contributed by atoms with E-state index in [0.717, 1.165) is 36.2 Å². The van der Waals surface area contributed by atoms with Gasteiger partial charge >= 0.3 is 0 Å². The van der Waals surface area contributed by atoms with E-state index < -0.39 is 0 Å². The van der Waals surface area contributed by atoms with Crippen molar-refractivity contribution in [1.29, 1.82) is 0 Å². The van der Waals surface area contributed by atoms with E-state index >= 15 is 0 Å². The minimum absolute atomic E-state index is 0.776. The van der Waals surface area contributed by atoms with E-state index in [9.17, 15) is 0 Å². The van der Waals surface area contributed by atoms with Gasteiger partial charge in [-0.1, -0.05) is 47.5 Å². The molecule has 2 aromatic rings. The molecule has 0 amide bonds. The van der Waals surface area contributed by atoms with Crippen molar-refractivity contribution in [3.8, 4) is 0 Å². The zero-order valence-electron chi connectivity index (χ0n) is 11.2. The van der Waals surface area contributed by atoms with Crippen LogP contribution in [0.15, 0.2) is 48.5 Å². The Balaban J connectivity index is 1.57. The fourth-order valence-electron chi connectivity index (χ4n) is 1.85. The highest BCUT2D eigenvalue weighted by atomic mass is 35.5. The summed E-state index contributed by atoms with van der Waals surface area (Å²) in [5.74, 6) is 0. The molecule has 0 bridgehead atoms. The molecular weight excluding hydrogens is 291 g/mol. The summed E-state index contributed by atoms with van der Waals surface area (Å²) in [5, 5.41) is 8.33. The Morgan fingerprint density at radius 2 is 0.950 bits per heavy atom. The summed E-state index contributed by atoms with van der Waals surface area (Å²) < 4.78 is 0. The van der Waals surface area contributed by atoms with Gasteiger partial charge in [-0.15, -0.1) is 0 Å². The van der Waals surface area contributed by atoms with Gasteiger partial charge in [0.25, 0.3) is 0 Å². The van der Waals surface area contributed by atoms with Crippen molar-refractivity contribution in [2.75, 3.05) is 13.1 Å². The fraction of sp³-hybridized carbons (Fsp3) is 0.250. The van der Waals surface area contributed by atoms with Gasteiger partial charge in [-0.25, -0.2) is 0 Å². The average molecular weight is 309 g/mol. The van der Waals surface area contributed by atoms with E-state index in [1.54, 1.807) is 0 Å². The molecule has 20 heavy (non-hydrogen) atoms. The zero-order valence-corrected chi connectivity index (χ0v) is 12.7. The first-order chi connectivity index (χ1) is 9.74. The lowest BCUT2D eigenvalue weighted by atomic mass is 10.2. The summed E-state index contributed by atoms with van der Waals surface area (Å²) in [7, 11) is 0. The third kappa shape index (κ3) is 5.51. The fourth-order valence-corrected chi connectivity index (χ4v) is 2.10. The van der Waals surface area contributed by atoms with Crippen LogP contribution in [0.2, 0.25) is 10.0 Å². The Labute approximate surface area is 130 Å². The summed E-state index contributed by atoms with van der Waals surface area (Å²) in [6, 6.07) is 15.8. The van der Waals surface area contributed by atoms with Crippen LogP contribution in [0.1, 0.15) is 11.1 Å². The third-order valence-electron chi connectivity index (χ3n) is 2.96. The lowest BCUT2D eigenvalue weighted by Gasteiger charge is -2.07. The van der Waals surface area contributed by atoms with Crippen molar-refractivity contribution < 1.29 is 0 Å². The van der Waals surface area contributed by atoms with Gasteiger partial charge in [0, 0.05) is 36.2 Å². The second-order valence-electron chi connectivity index (χ2n) is 4.61.